The van der Waals surface area contributed by atoms with Gasteiger partial charge < -0.3 is 15.1 Å². The SMILES string of the molecule is CN(C)c1cccc(C(=O)NC2CCN(C(=O)c3cc(-c4ccc(F)cc4)n[nH]3)CC2)c1. The van der Waals surface area contributed by atoms with Gasteiger partial charge in [-0.2, -0.15) is 5.10 Å². The zero-order valence-electron chi connectivity index (χ0n) is 18.1. The number of H-pyrrole nitrogens is 1. The van der Waals surface area contributed by atoms with Crippen molar-refractivity contribution in [3.05, 3.63) is 71.7 Å². The third-order valence-electron chi connectivity index (χ3n) is 5.69. The van der Waals surface area contributed by atoms with E-state index < -0.39 is 0 Å². The van der Waals surface area contributed by atoms with Crippen LogP contribution in [0.2, 0.25) is 0 Å². The number of carbonyl (C=O) groups is 2. The second kappa shape index (κ2) is 9.21. The summed E-state index contributed by atoms with van der Waals surface area (Å²) >= 11 is 0. The van der Waals surface area contributed by atoms with Gasteiger partial charge in [-0.3, -0.25) is 14.7 Å². The van der Waals surface area contributed by atoms with Crippen molar-refractivity contribution in [2.45, 2.75) is 18.9 Å². The van der Waals surface area contributed by atoms with E-state index in [1.165, 1.54) is 12.1 Å². The predicted octanol–water partition coefficient (Wildman–Crippen LogP) is 3.32. The normalized spacial score (nSPS) is 14.3. The summed E-state index contributed by atoms with van der Waals surface area (Å²) in [6.45, 7) is 1.10. The Morgan fingerprint density at radius 1 is 1.09 bits per heavy atom. The Hall–Kier alpha value is -3.68. The lowest BCUT2D eigenvalue weighted by atomic mass is 10.0. The van der Waals surface area contributed by atoms with Crippen LogP contribution in [0, 0.1) is 5.82 Å². The molecule has 1 aliphatic rings. The number of amides is 2. The fourth-order valence-corrected chi connectivity index (χ4v) is 3.79. The Morgan fingerprint density at radius 2 is 1.81 bits per heavy atom. The first-order valence-corrected chi connectivity index (χ1v) is 10.6. The highest BCUT2D eigenvalue weighted by Gasteiger charge is 2.26. The van der Waals surface area contributed by atoms with Crippen molar-refractivity contribution in [3.63, 3.8) is 0 Å². The molecule has 7 nitrogen and oxygen atoms in total. The summed E-state index contributed by atoms with van der Waals surface area (Å²) in [6.07, 6.45) is 1.37. The minimum Gasteiger partial charge on any atom is -0.378 e. The topological polar surface area (TPSA) is 81.3 Å². The van der Waals surface area contributed by atoms with Gasteiger partial charge in [-0.05, 0) is 61.4 Å². The van der Waals surface area contributed by atoms with Crippen LogP contribution >= 0.6 is 0 Å². The van der Waals surface area contributed by atoms with Gasteiger partial charge in [0, 0.05) is 50.0 Å². The van der Waals surface area contributed by atoms with Crippen LogP contribution in [0.1, 0.15) is 33.7 Å². The largest absolute Gasteiger partial charge is 0.378 e. The van der Waals surface area contributed by atoms with Gasteiger partial charge in [-0.1, -0.05) is 6.07 Å². The molecular weight excluding hydrogens is 409 g/mol. The number of rotatable bonds is 5. The minimum atomic E-state index is -0.319. The number of nitrogens with zero attached hydrogens (tertiary/aromatic N) is 3. The average molecular weight is 436 g/mol. The Bertz CT molecular complexity index is 1100. The lowest BCUT2D eigenvalue weighted by Crippen LogP contribution is -2.46. The molecule has 1 saturated heterocycles. The summed E-state index contributed by atoms with van der Waals surface area (Å²) in [5.41, 5.74) is 3.32. The van der Waals surface area contributed by atoms with E-state index in [9.17, 15) is 14.0 Å². The molecule has 0 radical (unpaired) electrons. The second-order valence-electron chi connectivity index (χ2n) is 8.16. The molecule has 2 heterocycles. The molecule has 8 heteroatoms. The molecule has 0 aliphatic carbocycles. The molecule has 0 bridgehead atoms. The van der Waals surface area contributed by atoms with Gasteiger partial charge >= 0.3 is 0 Å². The Labute approximate surface area is 186 Å². The molecule has 2 aromatic carbocycles. The van der Waals surface area contributed by atoms with E-state index in [2.05, 4.69) is 15.5 Å². The summed E-state index contributed by atoms with van der Waals surface area (Å²) in [4.78, 5) is 29.2. The van der Waals surface area contributed by atoms with Gasteiger partial charge in [0.25, 0.3) is 11.8 Å². The lowest BCUT2D eigenvalue weighted by Gasteiger charge is -2.32. The lowest BCUT2D eigenvalue weighted by molar-refractivity contribution is 0.0692. The average Bonchev–Trinajstić information content (AvgIpc) is 3.30. The number of aromatic amines is 1. The monoisotopic (exact) mass is 435 g/mol. The zero-order chi connectivity index (χ0) is 22.7. The maximum absolute atomic E-state index is 13.1. The van der Waals surface area contributed by atoms with Crippen LogP contribution in [-0.4, -0.2) is 60.1 Å². The van der Waals surface area contributed by atoms with Crippen molar-refractivity contribution in [2.75, 3.05) is 32.1 Å². The highest BCUT2D eigenvalue weighted by atomic mass is 19.1. The molecule has 32 heavy (non-hydrogen) atoms. The number of anilines is 1. The Morgan fingerprint density at radius 3 is 2.50 bits per heavy atom. The first-order valence-electron chi connectivity index (χ1n) is 10.6. The second-order valence-corrected chi connectivity index (χ2v) is 8.16. The highest BCUT2D eigenvalue weighted by molar-refractivity contribution is 5.95. The molecule has 4 rings (SSSR count). The molecule has 2 N–H and O–H groups in total. The minimum absolute atomic E-state index is 0.0195. The molecule has 2 amide bonds. The molecule has 0 saturated carbocycles. The third-order valence-corrected chi connectivity index (χ3v) is 5.69. The smallest absolute Gasteiger partial charge is 0.271 e. The van der Waals surface area contributed by atoms with Gasteiger partial charge in [0.1, 0.15) is 11.5 Å². The van der Waals surface area contributed by atoms with Crippen LogP contribution in [0.25, 0.3) is 11.3 Å². The van der Waals surface area contributed by atoms with Gasteiger partial charge in [-0.25, -0.2) is 4.39 Å². The molecule has 1 aliphatic heterocycles. The number of aromatic nitrogens is 2. The summed E-state index contributed by atoms with van der Waals surface area (Å²) in [5.74, 6) is -0.550. The Kier molecular flexibility index (Phi) is 6.20. The third kappa shape index (κ3) is 4.80. The van der Waals surface area contributed by atoms with Crippen molar-refractivity contribution in [1.82, 2.24) is 20.4 Å². The number of piperidine rings is 1. The van der Waals surface area contributed by atoms with Crippen molar-refractivity contribution >= 4 is 17.5 Å². The molecule has 1 aromatic heterocycles. The summed E-state index contributed by atoms with van der Waals surface area (Å²) in [7, 11) is 3.87. The van der Waals surface area contributed by atoms with Crippen LogP contribution in [0.4, 0.5) is 10.1 Å². The fourth-order valence-electron chi connectivity index (χ4n) is 3.79. The fraction of sp³-hybridized carbons (Fsp3) is 0.292. The van der Waals surface area contributed by atoms with Crippen molar-refractivity contribution < 1.29 is 14.0 Å². The zero-order valence-corrected chi connectivity index (χ0v) is 18.1. The maximum Gasteiger partial charge on any atom is 0.271 e. The van der Waals surface area contributed by atoms with E-state index in [1.54, 1.807) is 29.2 Å². The van der Waals surface area contributed by atoms with Crippen molar-refractivity contribution in [3.8, 4) is 11.3 Å². The molecule has 0 unspecified atom stereocenters. The van der Waals surface area contributed by atoms with Crippen LogP contribution < -0.4 is 10.2 Å². The van der Waals surface area contributed by atoms with Crippen LogP contribution in [0.15, 0.2) is 54.6 Å². The number of halogens is 1. The molecule has 3 aromatic rings. The number of hydrogen-bond donors (Lipinski definition) is 2. The highest BCUT2D eigenvalue weighted by Crippen LogP contribution is 2.20. The van der Waals surface area contributed by atoms with Gasteiger partial charge in [0.2, 0.25) is 0 Å². The van der Waals surface area contributed by atoms with Gasteiger partial charge in [0.05, 0.1) is 5.69 Å². The van der Waals surface area contributed by atoms with E-state index in [-0.39, 0.29) is 23.7 Å². The van der Waals surface area contributed by atoms with E-state index in [1.807, 2.05) is 37.2 Å². The number of likely N-dealkylation sites (tertiary alicyclic amines) is 1. The van der Waals surface area contributed by atoms with Gasteiger partial charge in [-0.15, -0.1) is 0 Å². The molecule has 0 atom stereocenters. The van der Waals surface area contributed by atoms with Crippen LogP contribution in [0.3, 0.4) is 0 Å². The number of hydrogen-bond acceptors (Lipinski definition) is 4. The first-order chi connectivity index (χ1) is 15.4. The van der Waals surface area contributed by atoms with E-state index in [0.29, 0.717) is 42.9 Å². The predicted molar refractivity (Wildman–Crippen MR) is 121 cm³/mol. The maximum atomic E-state index is 13.1. The quantitative estimate of drug-likeness (QED) is 0.644. The standard InChI is InChI=1S/C24H26FN5O2/c1-29(2)20-5-3-4-17(14-20)23(31)26-19-10-12-30(13-11-19)24(32)22-15-21(27-28-22)16-6-8-18(25)9-7-16/h3-9,14-15,19H,10-13H2,1-2H3,(H,26,31)(H,27,28). The molecule has 166 valence electrons. The van der Waals surface area contributed by atoms with Gasteiger partial charge in [0.15, 0.2) is 0 Å². The molecule has 0 spiro atoms. The number of benzene rings is 2. The van der Waals surface area contributed by atoms with Crippen molar-refractivity contribution in [2.24, 2.45) is 0 Å². The summed E-state index contributed by atoms with van der Waals surface area (Å²) in [5, 5.41) is 10.1. The van der Waals surface area contributed by atoms with Crippen molar-refractivity contribution in [1.29, 1.82) is 0 Å². The summed E-state index contributed by atoms with van der Waals surface area (Å²) in [6, 6.07) is 15.2. The van der Waals surface area contributed by atoms with E-state index in [4.69, 9.17) is 0 Å². The van der Waals surface area contributed by atoms with E-state index >= 15 is 0 Å². The summed E-state index contributed by atoms with van der Waals surface area (Å²) < 4.78 is 13.1. The number of carbonyl (C=O) groups excluding carboxylic acids is 2. The van der Waals surface area contributed by atoms with Crippen LogP contribution in [0.5, 0.6) is 0 Å². The number of nitrogens with one attached hydrogen (secondary N) is 2. The van der Waals surface area contributed by atoms with E-state index in [0.717, 1.165) is 11.3 Å². The Balaban J connectivity index is 1.33. The molecular formula is C24H26FN5O2. The molecule has 1 fully saturated rings. The van der Waals surface area contributed by atoms with Crippen LogP contribution in [-0.2, 0) is 0 Å². The first kappa shape index (κ1) is 21.5.